The lowest BCUT2D eigenvalue weighted by molar-refractivity contribution is -0.116. The monoisotopic (exact) mass is 646 g/mol. The number of nitrogen functional groups attached to an aromatic ring is 1. The number of carbonyl (C=O) groups is 2. The van der Waals surface area contributed by atoms with Gasteiger partial charge in [0.05, 0.1) is 12.6 Å². The number of aryl methyl sites for hydroxylation is 6. The van der Waals surface area contributed by atoms with E-state index in [1.807, 2.05) is 88.4 Å². The van der Waals surface area contributed by atoms with Gasteiger partial charge in [0, 0.05) is 46.8 Å². The molecule has 6 aromatic rings. The van der Waals surface area contributed by atoms with Crippen LogP contribution in [0.3, 0.4) is 0 Å². The average molecular weight is 647 g/mol. The van der Waals surface area contributed by atoms with Crippen LogP contribution in [-0.2, 0) is 22.4 Å². The van der Waals surface area contributed by atoms with E-state index in [1.54, 1.807) is 18.5 Å². The number of hydrogen-bond donors (Lipinski definition) is 6. The molecule has 3 aromatic heterocycles. The van der Waals surface area contributed by atoms with Crippen molar-refractivity contribution in [1.82, 2.24) is 25.4 Å². The summed E-state index contributed by atoms with van der Waals surface area (Å²) in [7, 11) is 0. The maximum Gasteiger partial charge on any atom is 0.248 e. The van der Waals surface area contributed by atoms with Crippen LogP contribution in [0.2, 0.25) is 0 Å². The molecular weight excluding hydrogens is 604 g/mol. The standard InChI is InChI=1S/C10H11NO.C10H9NO.C9H9NO.C4H7N3.C4H6N2/c2*1-7-2-4-9-8(6-7)3-5-10(12)11-9;1-6-2-3-8-7(4-6)5-9(11)10-8;1-3-2-6-7-4(3)5;1-4-2-3-5-6-4/h2,4,6H,3,5H2,1H3,(H,11,12);2-6H,1H3,(H,11,12);2-4H,5H2,1H3,(H,10,11);2H,1H3,(H3,5,6,7);2-3H,1H3,(H,5,6). The number of nitrogens with two attached hydrogens (primary N) is 1. The second-order valence-corrected chi connectivity index (χ2v) is 11.7. The normalized spacial score (nSPS) is 12.2. The van der Waals surface area contributed by atoms with Gasteiger partial charge in [0.1, 0.15) is 5.82 Å². The van der Waals surface area contributed by atoms with Crippen molar-refractivity contribution in [2.45, 2.75) is 53.9 Å². The molecule has 7 N–H and O–H groups in total. The summed E-state index contributed by atoms with van der Waals surface area (Å²) in [5.41, 5.74) is 16.3. The van der Waals surface area contributed by atoms with E-state index in [4.69, 9.17) is 5.73 Å². The van der Waals surface area contributed by atoms with Crippen LogP contribution in [0.5, 0.6) is 0 Å². The molecule has 3 aromatic carbocycles. The van der Waals surface area contributed by atoms with Crippen molar-refractivity contribution >= 4 is 39.9 Å². The molecule has 8 rings (SSSR count). The van der Waals surface area contributed by atoms with Gasteiger partial charge in [-0.2, -0.15) is 10.2 Å². The van der Waals surface area contributed by atoms with Crippen LogP contribution in [0.25, 0.3) is 10.9 Å². The number of rotatable bonds is 0. The molecule has 0 bridgehead atoms. The Hall–Kier alpha value is -5.97. The summed E-state index contributed by atoms with van der Waals surface area (Å²) < 4.78 is 0. The molecule has 248 valence electrons. The number of pyridine rings is 1. The lowest BCUT2D eigenvalue weighted by Gasteiger charge is -2.16. The molecule has 0 fully saturated rings. The third-order valence-corrected chi connectivity index (χ3v) is 7.43. The first kappa shape index (κ1) is 34.9. The molecular formula is C37H42N8O3. The molecule has 0 aliphatic carbocycles. The number of benzene rings is 3. The second kappa shape index (κ2) is 16.5. The zero-order chi connectivity index (χ0) is 34.6. The number of fused-ring (bicyclic) bond motifs is 3. The molecule has 0 unspecified atom stereocenters. The topological polar surface area (TPSA) is 174 Å². The van der Waals surface area contributed by atoms with Crippen LogP contribution < -0.4 is 21.9 Å². The van der Waals surface area contributed by atoms with Crippen molar-refractivity contribution in [3.05, 3.63) is 135 Å². The van der Waals surface area contributed by atoms with Gasteiger partial charge in [-0.25, -0.2) is 0 Å². The van der Waals surface area contributed by atoms with Gasteiger partial charge in [0.25, 0.3) is 0 Å². The molecule has 0 atom stereocenters. The Morgan fingerprint density at radius 2 is 1.29 bits per heavy atom. The van der Waals surface area contributed by atoms with Gasteiger partial charge in [-0.3, -0.25) is 24.6 Å². The lowest BCUT2D eigenvalue weighted by Crippen LogP contribution is -2.18. The lowest BCUT2D eigenvalue weighted by atomic mass is 10.0. The number of amides is 2. The highest BCUT2D eigenvalue weighted by Crippen LogP contribution is 2.24. The first-order valence-electron chi connectivity index (χ1n) is 15.6. The number of carbonyl (C=O) groups excluding carboxylic acids is 2. The Labute approximate surface area is 279 Å². The molecule has 0 spiro atoms. The van der Waals surface area contributed by atoms with E-state index in [0.29, 0.717) is 18.7 Å². The third kappa shape index (κ3) is 10.5. The highest BCUT2D eigenvalue weighted by molar-refractivity contribution is 5.99. The van der Waals surface area contributed by atoms with E-state index in [1.165, 1.54) is 22.3 Å². The summed E-state index contributed by atoms with van der Waals surface area (Å²) in [6.45, 7) is 10.00. The van der Waals surface area contributed by atoms with Gasteiger partial charge in [-0.15, -0.1) is 0 Å². The van der Waals surface area contributed by atoms with Crippen LogP contribution in [0, 0.1) is 34.6 Å². The largest absolute Gasteiger partial charge is 0.384 e. The minimum atomic E-state index is -0.0497. The van der Waals surface area contributed by atoms with Crippen molar-refractivity contribution in [2.75, 3.05) is 16.4 Å². The molecule has 11 heteroatoms. The van der Waals surface area contributed by atoms with Crippen LogP contribution in [-0.4, -0.2) is 37.2 Å². The maximum atomic E-state index is 11.0. The summed E-state index contributed by atoms with van der Waals surface area (Å²) in [4.78, 5) is 35.6. The SMILES string of the molecule is Cc1ccc2[nH]c(=O)ccc2c1.Cc1ccc2c(c1)CC(=O)N2.Cc1ccc2c(c1)CCC(=O)N2.Cc1ccn[nH]1.Cc1cn[nH]c1N. The molecule has 48 heavy (non-hydrogen) atoms. The summed E-state index contributed by atoms with van der Waals surface area (Å²) >= 11 is 0. The van der Waals surface area contributed by atoms with Gasteiger partial charge < -0.3 is 21.4 Å². The molecule has 0 saturated carbocycles. The Kier molecular flexibility index (Phi) is 12.0. The fourth-order valence-electron chi connectivity index (χ4n) is 4.83. The van der Waals surface area contributed by atoms with Crippen LogP contribution >= 0.6 is 0 Å². The number of anilines is 3. The average Bonchev–Trinajstić information content (AvgIpc) is 3.79. The molecule has 5 heterocycles. The Bertz CT molecular complexity index is 2030. The Morgan fingerprint density at radius 3 is 1.88 bits per heavy atom. The number of aromatic amines is 3. The van der Waals surface area contributed by atoms with Crippen molar-refractivity contribution in [1.29, 1.82) is 0 Å². The zero-order valence-corrected chi connectivity index (χ0v) is 27.9. The van der Waals surface area contributed by atoms with Crippen molar-refractivity contribution in [3.63, 3.8) is 0 Å². The molecule has 11 nitrogen and oxygen atoms in total. The van der Waals surface area contributed by atoms with E-state index in [9.17, 15) is 14.4 Å². The first-order chi connectivity index (χ1) is 23.0. The Balaban J connectivity index is 0.000000139. The quantitative estimate of drug-likeness (QED) is 0.114. The fourth-order valence-corrected chi connectivity index (χ4v) is 4.83. The summed E-state index contributed by atoms with van der Waals surface area (Å²) in [5, 5.41) is 19.4. The number of aromatic nitrogens is 5. The van der Waals surface area contributed by atoms with E-state index < -0.39 is 0 Å². The van der Waals surface area contributed by atoms with E-state index >= 15 is 0 Å². The van der Waals surface area contributed by atoms with Gasteiger partial charge in [0.15, 0.2) is 0 Å². The van der Waals surface area contributed by atoms with Crippen molar-refractivity contribution in [3.8, 4) is 0 Å². The zero-order valence-electron chi connectivity index (χ0n) is 27.9. The molecule has 2 aliphatic rings. The molecule has 0 saturated heterocycles. The van der Waals surface area contributed by atoms with Gasteiger partial charge in [-0.05, 0) is 94.0 Å². The van der Waals surface area contributed by atoms with Gasteiger partial charge >= 0.3 is 0 Å². The van der Waals surface area contributed by atoms with E-state index in [2.05, 4.69) is 49.0 Å². The fraction of sp³-hybridized carbons (Fsp3) is 0.216. The smallest absolute Gasteiger partial charge is 0.248 e. The first-order valence-corrected chi connectivity index (χ1v) is 15.6. The van der Waals surface area contributed by atoms with Gasteiger partial charge in [-0.1, -0.05) is 47.0 Å². The summed E-state index contributed by atoms with van der Waals surface area (Å²) in [6, 6.07) is 23.4. The number of nitrogens with one attached hydrogen (secondary N) is 5. The second-order valence-electron chi connectivity index (χ2n) is 11.7. The maximum absolute atomic E-state index is 11.0. The molecule has 2 aliphatic heterocycles. The van der Waals surface area contributed by atoms with Gasteiger partial charge in [0.2, 0.25) is 17.4 Å². The van der Waals surface area contributed by atoms with E-state index in [0.717, 1.165) is 45.5 Å². The highest BCUT2D eigenvalue weighted by Gasteiger charge is 2.16. The van der Waals surface area contributed by atoms with Crippen molar-refractivity contribution in [2.24, 2.45) is 0 Å². The predicted molar refractivity (Wildman–Crippen MR) is 192 cm³/mol. The highest BCUT2D eigenvalue weighted by atomic mass is 16.2. The number of hydrogen-bond acceptors (Lipinski definition) is 6. The minimum absolute atomic E-state index is 0.0497. The summed E-state index contributed by atoms with van der Waals surface area (Å²) in [6.07, 6.45) is 5.46. The predicted octanol–water partition coefficient (Wildman–Crippen LogP) is 6.22. The van der Waals surface area contributed by atoms with Crippen LogP contribution in [0.1, 0.15) is 45.5 Å². The summed E-state index contributed by atoms with van der Waals surface area (Å²) in [5.74, 6) is 0.886. The Morgan fingerprint density at radius 1 is 0.646 bits per heavy atom. The number of nitrogens with zero attached hydrogens (tertiary/aromatic N) is 2. The van der Waals surface area contributed by atoms with E-state index in [-0.39, 0.29) is 17.4 Å². The minimum Gasteiger partial charge on any atom is -0.384 e. The molecule has 0 radical (unpaired) electrons. The van der Waals surface area contributed by atoms with Crippen molar-refractivity contribution < 1.29 is 9.59 Å². The molecule has 2 amide bonds. The number of H-pyrrole nitrogens is 3. The van der Waals surface area contributed by atoms with Crippen LogP contribution in [0.15, 0.2) is 90.0 Å². The third-order valence-electron chi connectivity index (χ3n) is 7.43. The van der Waals surface area contributed by atoms with Crippen LogP contribution in [0.4, 0.5) is 17.2 Å².